The molecule has 2 fully saturated rings. The molecule has 1 saturated heterocycles. The van der Waals surface area contributed by atoms with Crippen LogP contribution < -0.4 is 0 Å². The van der Waals surface area contributed by atoms with Gasteiger partial charge in [0.25, 0.3) is 0 Å². The zero-order chi connectivity index (χ0) is 8.88. The van der Waals surface area contributed by atoms with Gasteiger partial charge in [-0.15, -0.1) is 0 Å². The van der Waals surface area contributed by atoms with Crippen LogP contribution in [0.25, 0.3) is 0 Å². The number of fused-ring (bicyclic) bond motifs is 2. The predicted molar refractivity (Wildman–Crippen MR) is 42.3 cm³/mol. The standard InChI is InChI=1S/C7H11BFNO2/c1-8(12)10-3-4-2-5(10)6(9)7(4)11/h4-6,12H,2-3H2,1H3/t4?,5-,6+/m1/s1. The van der Waals surface area contributed by atoms with Crippen LogP contribution in [0.5, 0.6) is 0 Å². The first-order valence-corrected chi connectivity index (χ1v) is 4.23. The molecule has 2 aliphatic rings. The number of alkyl halides is 1. The molecule has 1 N–H and O–H groups in total. The molecule has 0 aromatic carbocycles. The maximum Gasteiger partial charge on any atom is 0.376 e. The van der Waals surface area contributed by atoms with E-state index in [4.69, 9.17) is 0 Å². The van der Waals surface area contributed by atoms with Crippen molar-refractivity contribution in [2.75, 3.05) is 6.54 Å². The Balaban J connectivity index is 2.15. The molecule has 1 unspecified atom stereocenters. The summed E-state index contributed by atoms with van der Waals surface area (Å²) >= 11 is 0. The van der Waals surface area contributed by atoms with Crippen molar-refractivity contribution in [2.24, 2.45) is 5.92 Å². The predicted octanol–water partition coefficient (Wildman–Crippen LogP) is -0.292. The van der Waals surface area contributed by atoms with Gasteiger partial charge in [-0.2, -0.15) is 0 Å². The Morgan fingerprint density at radius 3 is 2.83 bits per heavy atom. The Kier molecular flexibility index (Phi) is 1.73. The van der Waals surface area contributed by atoms with Crippen molar-refractivity contribution in [3.63, 3.8) is 0 Å². The van der Waals surface area contributed by atoms with Crippen molar-refractivity contribution in [2.45, 2.75) is 25.5 Å². The average molecular weight is 171 g/mol. The first-order valence-electron chi connectivity index (χ1n) is 4.23. The van der Waals surface area contributed by atoms with Crippen molar-refractivity contribution in [3.8, 4) is 0 Å². The molecule has 1 heterocycles. The summed E-state index contributed by atoms with van der Waals surface area (Å²) in [5.41, 5.74) is 0. The quantitative estimate of drug-likeness (QED) is 0.551. The van der Waals surface area contributed by atoms with Crippen molar-refractivity contribution in [1.82, 2.24) is 4.81 Å². The Hall–Kier alpha value is -0.415. The molecule has 0 aromatic rings. The number of halogens is 1. The zero-order valence-electron chi connectivity index (χ0n) is 6.90. The summed E-state index contributed by atoms with van der Waals surface area (Å²) in [4.78, 5) is 12.7. The summed E-state index contributed by atoms with van der Waals surface area (Å²) < 4.78 is 13.1. The molecule has 2 rings (SSSR count). The fraction of sp³-hybridized carbons (Fsp3) is 0.857. The maximum atomic E-state index is 13.1. The summed E-state index contributed by atoms with van der Waals surface area (Å²) in [6, 6.07) is -0.359. The number of ketones is 1. The van der Waals surface area contributed by atoms with E-state index >= 15 is 0 Å². The van der Waals surface area contributed by atoms with Crippen LogP contribution in [0.1, 0.15) is 6.42 Å². The minimum Gasteiger partial charge on any atom is -0.437 e. The molecule has 0 radical (unpaired) electrons. The van der Waals surface area contributed by atoms with E-state index in [2.05, 4.69) is 0 Å². The Labute approximate surface area is 70.7 Å². The lowest BCUT2D eigenvalue weighted by Gasteiger charge is -2.28. The van der Waals surface area contributed by atoms with E-state index in [-0.39, 0.29) is 17.7 Å². The van der Waals surface area contributed by atoms with E-state index in [1.54, 1.807) is 11.6 Å². The summed E-state index contributed by atoms with van der Waals surface area (Å²) in [6.07, 6.45) is -0.774. The average Bonchev–Trinajstić information content (AvgIpc) is 2.53. The third-order valence-electron chi connectivity index (χ3n) is 2.88. The first-order chi connectivity index (χ1) is 5.61. The second kappa shape index (κ2) is 2.54. The lowest BCUT2D eigenvalue weighted by atomic mass is 9.82. The van der Waals surface area contributed by atoms with Gasteiger partial charge in [0.05, 0.1) is 0 Å². The highest BCUT2D eigenvalue weighted by molar-refractivity contribution is 6.45. The van der Waals surface area contributed by atoms with Gasteiger partial charge in [0.1, 0.15) is 0 Å². The van der Waals surface area contributed by atoms with Gasteiger partial charge < -0.3 is 9.83 Å². The minimum atomic E-state index is -1.36. The number of hydrogen-bond acceptors (Lipinski definition) is 3. The topological polar surface area (TPSA) is 40.5 Å². The van der Waals surface area contributed by atoms with Gasteiger partial charge in [-0.05, 0) is 19.8 Å². The Morgan fingerprint density at radius 2 is 2.42 bits per heavy atom. The third kappa shape index (κ3) is 0.928. The Morgan fingerprint density at radius 1 is 1.75 bits per heavy atom. The molecule has 66 valence electrons. The van der Waals surface area contributed by atoms with Crippen molar-refractivity contribution >= 4 is 12.8 Å². The lowest BCUT2D eigenvalue weighted by molar-refractivity contribution is -0.127. The molecule has 0 spiro atoms. The van der Waals surface area contributed by atoms with E-state index in [1.165, 1.54) is 0 Å². The van der Waals surface area contributed by atoms with Gasteiger partial charge in [-0.1, -0.05) is 0 Å². The van der Waals surface area contributed by atoms with Crippen LogP contribution in [0.4, 0.5) is 4.39 Å². The van der Waals surface area contributed by atoms with E-state index < -0.39 is 13.2 Å². The highest BCUT2D eigenvalue weighted by Crippen LogP contribution is 2.36. The molecule has 5 heteroatoms. The summed E-state index contributed by atoms with van der Waals surface area (Å²) in [7, 11) is -0.633. The van der Waals surface area contributed by atoms with Crippen LogP contribution in [0.3, 0.4) is 0 Å². The molecule has 12 heavy (non-hydrogen) atoms. The molecule has 0 amide bonds. The molecule has 2 bridgehead atoms. The van der Waals surface area contributed by atoms with Crippen molar-refractivity contribution in [3.05, 3.63) is 0 Å². The second-order valence-electron chi connectivity index (χ2n) is 3.63. The Bertz CT molecular complexity index is 219. The minimum absolute atomic E-state index is 0.167. The number of Topliss-reactive ketones (excluding diaryl/α,β-unsaturated/α-hetero) is 1. The third-order valence-corrected chi connectivity index (χ3v) is 2.88. The summed E-state index contributed by atoms with van der Waals surface area (Å²) in [6.45, 7) is 2.14. The van der Waals surface area contributed by atoms with Gasteiger partial charge >= 0.3 is 7.05 Å². The maximum absolute atomic E-state index is 13.1. The van der Waals surface area contributed by atoms with Crippen molar-refractivity contribution in [1.29, 1.82) is 0 Å². The van der Waals surface area contributed by atoms with Crippen molar-refractivity contribution < 1.29 is 14.2 Å². The van der Waals surface area contributed by atoms with Crippen LogP contribution in [0, 0.1) is 5.92 Å². The number of piperidine rings is 1. The molecule has 1 aliphatic heterocycles. The summed E-state index contributed by atoms with van der Waals surface area (Å²) in [5.74, 6) is -0.434. The fourth-order valence-electron chi connectivity index (χ4n) is 2.23. The van der Waals surface area contributed by atoms with Gasteiger partial charge in [0.2, 0.25) is 0 Å². The van der Waals surface area contributed by atoms with Gasteiger partial charge in [0, 0.05) is 12.0 Å². The first kappa shape index (κ1) is 8.20. The number of carbonyl (C=O) groups excluding carboxylic acids is 1. The van der Waals surface area contributed by atoms with E-state index in [0.717, 1.165) is 0 Å². The highest BCUT2D eigenvalue weighted by Gasteiger charge is 2.53. The molecule has 3 atom stereocenters. The fourth-order valence-corrected chi connectivity index (χ4v) is 2.23. The number of carbonyl (C=O) groups is 1. The van der Waals surface area contributed by atoms with E-state index in [9.17, 15) is 14.2 Å². The van der Waals surface area contributed by atoms with Gasteiger partial charge in [-0.3, -0.25) is 4.79 Å². The SMILES string of the molecule is CB(O)N1CC2C[C@@H]1[C@H](F)C2=O. The highest BCUT2D eigenvalue weighted by atomic mass is 19.1. The largest absolute Gasteiger partial charge is 0.437 e. The van der Waals surface area contributed by atoms with Gasteiger partial charge in [-0.25, -0.2) is 4.39 Å². The molecule has 1 aliphatic carbocycles. The van der Waals surface area contributed by atoms with Crippen LogP contribution in [-0.2, 0) is 4.79 Å². The van der Waals surface area contributed by atoms with Crippen LogP contribution >= 0.6 is 0 Å². The smallest absolute Gasteiger partial charge is 0.376 e. The second-order valence-corrected chi connectivity index (χ2v) is 3.63. The lowest BCUT2D eigenvalue weighted by Crippen LogP contribution is -2.50. The van der Waals surface area contributed by atoms with Crippen LogP contribution in [-0.4, -0.2) is 41.4 Å². The zero-order valence-corrected chi connectivity index (χ0v) is 6.90. The molecule has 3 nitrogen and oxygen atoms in total. The van der Waals surface area contributed by atoms with Gasteiger partial charge in [0.15, 0.2) is 12.0 Å². The molecule has 1 saturated carbocycles. The molecular formula is C7H11BFNO2. The van der Waals surface area contributed by atoms with E-state index in [0.29, 0.717) is 13.0 Å². The number of nitrogens with zero attached hydrogens (tertiary/aromatic N) is 1. The van der Waals surface area contributed by atoms with Crippen LogP contribution in [0.2, 0.25) is 6.82 Å². The van der Waals surface area contributed by atoms with Crippen LogP contribution in [0.15, 0.2) is 0 Å². The molecular weight excluding hydrogens is 160 g/mol. The number of hydrogen-bond donors (Lipinski definition) is 1. The monoisotopic (exact) mass is 171 g/mol. The normalized spacial score (nSPS) is 40.9. The molecule has 0 aromatic heterocycles. The summed E-state index contributed by atoms with van der Waals surface area (Å²) in [5, 5.41) is 9.23. The van der Waals surface area contributed by atoms with E-state index in [1.807, 2.05) is 0 Å². The number of rotatable bonds is 1.